The third-order valence-corrected chi connectivity index (χ3v) is 4.29. The van der Waals surface area contributed by atoms with Gasteiger partial charge in [-0.1, -0.05) is 24.6 Å². The summed E-state index contributed by atoms with van der Waals surface area (Å²) < 4.78 is 27.3. The molecular formula is C13H18Cl2O3S. The van der Waals surface area contributed by atoms with Crippen molar-refractivity contribution in [2.75, 3.05) is 12.4 Å². The van der Waals surface area contributed by atoms with Gasteiger partial charge in [0.1, 0.15) is 5.75 Å². The summed E-state index contributed by atoms with van der Waals surface area (Å²) in [5.41, 5.74) is 1.03. The largest absolute Gasteiger partial charge is 0.493 e. The Morgan fingerprint density at radius 2 is 2.00 bits per heavy atom. The molecule has 0 bridgehead atoms. The predicted octanol–water partition coefficient (Wildman–Crippen LogP) is 4.01. The van der Waals surface area contributed by atoms with Crippen molar-refractivity contribution in [2.24, 2.45) is 5.92 Å². The standard InChI is InChI=1S/C13H18Cl2O3S/c1-10(6-8-19(15,16)17)5-7-18-13-9-12(14)4-3-11(13)2/h3-4,9-10H,5-8H2,1-2H3. The molecule has 0 aromatic heterocycles. The molecule has 1 aromatic carbocycles. The van der Waals surface area contributed by atoms with Gasteiger partial charge >= 0.3 is 0 Å². The summed E-state index contributed by atoms with van der Waals surface area (Å²) in [6.07, 6.45) is 1.32. The van der Waals surface area contributed by atoms with Gasteiger partial charge in [-0.2, -0.15) is 0 Å². The van der Waals surface area contributed by atoms with E-state index in [-0.39, 0.29) is 11.7 Å². The molecule has 0 aliphatic rings. The average Bonchev–Trinajstić information content (AvgIpc) is 2.30. The van der Waals surface area contributed by atoms with Crippen molar-refractivity contribution in [1.82, 2.24) is 0 Å². The minimum Gasteiger partial charge on any atom is -0.493 e. The summed E-state index contributed by atoms with van der Waals surface area (Å²) in [4.78, 5) is 0. The predicted molar refractivity (Wildman–Crippen MR) is 79.7 cm³/mol. The Hall–Kier alpha value is -0.450. The number of aryl methyl sites for hydroxylation is 1. The van der Waals surface area contributed by atoms with E-state index < -0.39 is 9.05 Å². The molecule has 1 atom stereocenters. The van der Waals surface area contributed by atoms with Gasteiger partial charge in [0.15, 0.2) is 0 Å². The lowest BCUT2D eigenvalue weighted by Crippen LogP contribution is -2.08. The molecule has 0 saturated heterocycles. The number of halogens is 2. The van der Waals surface area contributed by atoms with E-state index in [9.17, 15) is 8.42 Å². The fourth-order valence-electron chi connectivity index (χ4n) is 1.59. The summed E-state index contributed by atoms with van der Waals surface area (Å²) in [5.74, 6) is 1.02. The van der Waals surface area contributed by atoms with E-state index in [1.807, 2.05) is 26.0 Å². The van der Waals surface area contributed by atoms with Crippen LogP contribution in [0.5, 0.6) is 5.75 Å². The normalized spacial score (nSPS) is 13.3. The lowest BCUT2D eigenvalue weighted by atomic mass is 10.1. The van der Waals surface area contributed by atoms with Crippen LogP contribution in [0.15, 0.2) is 18.2 Å². The highest BCUT2D eigenvalue weighted by atomic mass is 35.7. The van der Waals surface area contributed by atoms with Crippen molar-refractivity contribution in [3.63, 3.8) is 0 Å². The fraction of sp³-hybridized carbons (Fsp3) is 0.538. The van der Waals surface area contributed by atoms with E-state index in [1.165, 1.54) is 0 Å². The van der Waals surface area contributed by atoms with E-state index in [0.29, 0.717) is 18.1 Å². The Morgan fingerprint density at radius 1 is 1.32 bits per heavy atom. The monoisotopic (exact) mass is 324 g/mol. The summed E-state index contributed by atoms with van der Waals surface area (Å²) in [6.45, 7) is 4.47. The molecule has 0 fully saturated rings. The molecule has 0 saturated carbocycles. The van der Waals surface area contributed by atoms with Gasteiger partial charge < -0.3 is 4.74 Å². The molecule has 1 aromatic rings. The third-order valence-electron chi connectivity index (χ3n) is 2.87. The SMILES string of the molecule is Cc1ccc(Cl)cc1OCCC(C)CCS(=O)(=O)Cl. The quantitative estimate of drug-likeness (QED) is 0.711. The number of benzene rings is 1. The van der Waals surface area contributed by atoms with Crippen molar-refractivity contribution in [3.8, 4) is 5.75 Å². The van der Waals surface area contributed by atoms with E-state index in [2.05, 4.69) is 0 Å². The van der Waals surface area contributed by atoms with Crippen LogP contribution in [0.4, 0.5) is 0 Å². The summed E-state index contributed by atoms with van der Waals surface area (Å²) in [5, 5.41) is 0.641. The van der Waals surface area contributed by atoms with Crippen molar-refractivity contribution < 1.29 is 13.2 Å². The fourth-order valence-corrected chi connectivity index (χ4v) is 2.70. The molecule has 0 amide bonds. The van der Waals surface area contributed by atoms with Gasteiger partial charge in [0.25, 0.3) is 0 Å². The van der Waals surface area contributed by atoms with Crippen LogP contribution in [0.3, 0.4) is 0 Å². The number of rotatable bonds is 7. The molecule has 19 heavy (non-hydrogen) atoms. The van der Waals surface area contributed by atoms with E-state index >= 15 is 0 Å². The molecular weight excluding hydrogens is 307 g/mol. The molecule has 1 unspecified atom stereocenters. The highest BCUT2D eigenvalue weighted by molar-refractivity contribution is 8.13. The number of ether oxygens (including phenoxy) is 1. The Labute approximate surface area is 124 Å². The van der Waals surface area contributed by atoms with Gasteiger partial charge in [-0.3, -0.25) is 0 Å². The first kappa shape index (κ1) is 16.6. The van der Waals surface area contributed by atoms with Gasteiger partial charge in [-0.05, 0) is 43.4 Å². The summed E-state index contributed by atoms with van der Waals surface area (Å²) in [7, 11) is 1.78. The molecule has 108 valence electrons. The lowest BCUT2D eigenvalue weighted by molar-refractivity contribution is 0.280. The summed E-state index contributed by atoms with van der Waals surface area (Å²) >= 11 is 5.90. The second-order valence-electron chi connectivity index (χ2n) is 4.68. The molecule has 0 heterocycles. The van der Waals surface area contributed by atoms with E-state index in [0.717, 1.165) is 17.7 Å². The molecule has 0 radical (unpaired) electrons. The highest BCUT2D eigenvalue weighted by Crippen LogP contribution is 2.23. The van der Waals surface area contributed by atoms with Crippen molar-refractivity contribution in [2.45, 2.75) is 26.7 Å². The first-order valence-electron chi connectivity index (χ1n) is 6.09. The minimum atomic E-state index is -3.39. The zero-order valence-corrected chi connectivity index (χ0v) is 13.4. The molecule has 0 spiro atoms. The van der Waals surface area contributed by atoms with Crippen LogP contribution in [0.2, 0.25) is 5.02 Å². The molecule has 1 rings (SSSR count). The van der Waals surface area contributed by atoms with Crippen molar-refractivity contribution >= 4 is 31.3 Å². The second-order valence-corrected chi connectivity index (χ2v) is 8.02. The zero-order chi connectivity index (χ0) is 14.5. The Morgan fingerprint density at radius 3 is 2.63 bits per heavy atom. The molecule has 6 heteroatoms. The van der Waals surface area contributed by atoms with Crippen LogP contribution >= 0.6 is 22.3 Å². The van der Waals surface area contributed by atoms with Crippen LogP contribution in [0.25, 0.3) is 0 Å². The lowest BCUT2D eigenvalue weighted by Gasteiger charge is -2.13. The number of hydrogen-bond donors (Lipinski definition) is 0. The second kappa shape index (κ2) is 7.36. The first-order chi connectivity index (χ1) is 8.78. The van der Waals surface area contributed by atoms with Gasteiger partial charge in [0.05, 0.1) is 12.4 Å². The van der Waals surface area contributed by atoms with Gasteiger partial charge in [0, 0.05) is 15.7 Å². The van der Waals surface area contributed by atoms with Gasteiger partial charge in [-0.15, -0.1) is 0 Å². The average molecular weight is 325 g/mol. The van der Waals surface area contributed by atoms with Crippen LogP contribution in [0.1, 0.15) is 25.3 Å². The van der Waals surface area contributed by atoms with Crippen molar-refractivity contribution in [3.05, 3.63) is 28.8 Å². The molecule has 0 aliphatic carbocycles. The third kappa shape index (κ3) is 7.04. The molecule has 0 aliphatic heterocycles. The minimum absolute atomic E-state index is 0.00587. The van der Waals surface area contributed by atoms with Crippen LogP contribution < -0.4 is 4.74 Å². The maximum absolute atomic E-state index is 10.8. The van der Waals surface area contributed by atoms with Gasteiger partial charge in [-0.25, -0.2) is 8.42 Å². The summed E-state index contributed by atoms with van der Waals surface area (Å²) in [6, 6.07) is 5.50. The van der Waals surface area contributed by atoms with Crippen LogP contribution in [-0.4, -0.2) is 20.8 Å². The Kier molecular flexibility index (Phi) is 6.43. The first-order valence-corrected chi connectivity index (χ1v) is 8.95. The van der Waals surface area contributed by atoms with Gasteiger partial charge in [0.2, 0.25) is 9.05 Å². The van der Waals surface area contributed by atoms with E-state index in [1.54, 1.807) is 6.07 Å². The molecule has 0 N–H and O–H groups in total. The van der Waals surface area contributed by atoms with Crippen LogP contribution in [0, 0.1) is 12.8 Å². The molecule has 3 nitrogen and oxygen atoms in total. The Balaban J connectivity index is 2.35. The van der Waals surface area contributed by atoms with E-state index in [4.69, 9.17) is 27.0 Å². The zero-order valence-electron chi connectivity index (χ0n) is 11.0. The van der Waals surface area contributed by atoms with Crippen LogP contribution in [-0.2, 0) is 9.05 Å². The van der Waals surface area contributed by atoms with Crippen molar-refractivity contribution in [1.29, 1.82) is 0 Å². The topological polar surface area (TPSA) is 43.4 Å². The smallest absolute Gasteiger partial charge is 0.232 e. The maximum atomic E-state index is 10.8. The number of hydrogen-bond acceptors (Lipinski definition) is 3. The highest BCUT2D eigenvalue weighted by Gasteiger charge is 2.10. The maximum Gasteiger partial charge on any atom is 0.232 e. The Bertz CT molecular complexity index is 515.